The average Bonchev–Trinajstić information content (AvgIpc) is 2.88. The molecular formula is C21H19ClN2O4. The van der Waals surface area contributed by atoms with Crippen molar-refractivity contribution in [3.63, 3.8) is 0 Å². The van der Waals surface area contributed by atoms with Crippen LogP contribution >= 0.6 is 11.6 Å². The van der Waals surface area contributed by atoms with E-state index in [-0.39, 0.29) is 5.56 Å². The number of carbonyl (C=O) groups excluding carboxylic acids is 2. The number of rotatable bonds is 2. The number of benzene rings is 2. The zero-order valence-electron chi connectivity index (χ0n) is 15.9. The Balaban J connectivity index is 2.27. The number of anilines is 1. The molecule has 0 saturated carbocycles. The molecule has 0 bridgehead atoms. The van der Waals surface area contributed by atoms with Crippen LogP contribution in [0.2, 0.25) is 5.02 Å². The van der Waals surface area contributed by atoms with Gasteiger partial charge in [-0.2, -0.15) is 5.26 Å². The van der Waals surface area contributed by atoms with Crippen LogP contribution in [0, 0.1) is 11.3 Å². The number of ether oxygens (including phenoxy) is 2. The number of methoxy groups -OCH3 is 1. The monoisotopic (exact) mass is 398 g/mol. The van der Waals surface area contributed by atoms with Crippen molar-refractivity contribution in [1.82, 2.24) is 0 Å². The standard InChI is InChI=1S/C21H19ClN2O4/c1-20(2,3)28-19(26)24-16-8-6-5-7-14(16)21(12-23,18(24)25)15-11-13(22)9-10-17(15)27-4/h5-11H,1-4H3/t21-/m0/s1. The van der Waals surface area contributed by atoms with Crippen molar-refractivity contribution in [1.29, 1.82) is 5.26 Å². The molecule has 2 amide bonds. The smallest absolute Gasteiger partial charge is 0.421 e. The number of para-hydroxylation sites is 1. The van der Waals surface area contributed by atoms with Crippen molar-refractivity contribution in [2.24, 2.45) is 0 Å². The minimum atomic E-state index is -1.79. The molecule has 0 aromatic heterocycles. The van der Waals surface area contributed by atoms with Gasteiger partial charge in [-0.3, -0.25) is 4.79 Å². The summed E-state index contributed by atoms with van der Waals surface area (Å²) in [6, 6.07) is 13.4. The number of halogens is 1. The Labute approximate surface area is 168 Å². The molecule has 3 rings (SSSR count). The maximum Gasteiger partial charge on any atom is 0.421 e. The summed E-state index contributed by atoms with van der Waals surface area (Å²) in [6.45, 7) is 5.11. The number of carbonyl (C=O) groups is 2. The fraction of sp³-hybridized carbons (Fsp3) is 0.286. The van der Waals surface area contributed by atoms with Crippen LogP contribution in [-0.2, 0) is 14.9 Å². The molecule has 144 valence electrons. The van der Waals surface area contributed by atoms with Crippen molar-refractivity contribution in [3.8, 4) is 11.8 Å². The molecule has 0 aliphatic carbocycles. The summed E-state index contributed by atoms with van der Waals surface area (Å²) in [5.41, 5.74) is -1.66. The molecular weight excluding hydrogens is 380 g/mol. The van der Waals surface area contributed by atoms with Crippen molar-refractivity contribution < 1.29 is 19.1 Å². The van der Waals surface area contributed by atoms with Gasteiger partial charge >= 0.3 is 6.09 Å². The number of nitrogens with zero attached hydrogens (tertiary/aromatic N) is 2. The van der Waals surface area contributed by atoms with E-state index in [1.165, 1.54) is 13.2 Å². The molecule has 1 aliphatic heterocycles. The predicted molar refractivity (Wildman–Crippen MR) is 105 cm³/mol. The second-order valence-electron chi connectivity index (χ2n) is 7.34. The summed E-state index contributed by atoms with van der Waals surface area (Å²) < 4.78 is 10.8. The Morgan fingerprint density at radius 3 is 2.46 bits per heavy atom. The topological polar surface area (TPSA) is 79.6 Å². The van der Waals surface area contributed by atoms with Gasteiger partial charge < -0.3 is 9.47 Å². The lowest BCUT2D eigenvalue weighted by Gasteiger charge is -2.26. The Morgan fingerprint density at radius 2 is 1.86 bits per heavy atom. The number of imide groups is 1. The summed E-state index contributed by atoms with van der Waals surface area (Å²) in [7, 11) is 1.44. The highest BCUT2D eigenvalue weighted by molar-refractivity contribution is 6.31. The van der Waals surface area contributed by atoms with E-state index in [1.54, 1.807) is 57.2 Å². The van der Waals surface area contributed by atoms with E-state index in [2.05, 4.69) is 6.07 Å². The summed E-state index contributed by atoms with van der Waals surface area (Å²) >= 11 is 6.15. The third-order valence-corrected chi connectivity index (χ3v) is 4.62. The minimum Gasteiger partial charge on any atom is -0.496 e. The molecule has 1 atom stereocenters. The van der Waals surface area contributed by atoms with E-state index < -0.39 is 23.0 Å². The van der Waals surface area contributed by atoms with E-state index >= 15 is 0 Å². The molecule has 1 heterocycles. The van der Waals surface area contributed by atoms with Gasteiger partial charge in [0.25, 0.3) is 5.91 Å². The SMILES string of the molecule is COc1ccc(Cl)cc1[C@@]1(C#N)C(=O)N(C(=O)OC(C)(C)C)c2ccccc21. The third kappa shape index (κ3) is 2.98. The summed E-state index contributed by atoms with van der Waals surface area (Å²) in [5, 5.41) is 10.5. The number of nitriles is 1. The fourth-order valence-electron chi connectivity index (χ4n) is 3.27. The van der Waals surface area contributed by atoms with Gasteiger partial charge in [0.1, 0.15) is 11.4 Å². The van der Waals surface area contributed by atoms with Crippen LogP contribution in [0.15, 0.2) is 42.5 Å². The van der Waals surface area contributed by atoms with Gasteiger partial charge in [-0.1, -0.05) is 29.8 Å². The largest absolute Gasteiger partial charge is 0.496 e. The zero-order chi connectivity index (χ0) is 20.7. The summed E-state index contributed by atoms with van der Waals surface area (Å²) in [4.78, 5) is 27.2. The minimum absolute atomic E-state index is 0.272. The maximum atomic E-state index is 13.5. The number of hydrogen-bond donors (Lipinski definition) is 0. The maximum absolute atomic E-state index is 13.5. The third-order valence-electron chi connectivity index (χ3n) is 4.38. The van der Waals surface area contributed by atoms with E-state index in [0.717, 1.165) is 4.90 Å². The van der Waals surface area contributed by atoms with Crippen molar-refractivity contribution in [2.75, 3.05) is 12.0 Å². The first kappa shape index (κ1) is 19.7. The molecule has 6 nitrogen and oxygen atoms in total. The van der Waals surface area contributed by atoms with Crippen molar-refractivity contribution in [2.45, 2.75) is 31.8 Å². The van der Waals surface area contributed by atoms with Gasteiger partial charge in [-0.05, 0) is 45.0 Å². The van der Waals surface area contributed by atoms with E-state index in [0.29, 0.717) is 22.0 Å². The van der Waals surface area contributed by atoms with Crippen LogP contribution in [-0.4, -0.2) is 24.7 Å². The molecule has 0 fully saturated rings. The Kier molecular flexibility index (Phi) is 4.82. The molecule has 0 unspecified atom stereocenters. The molecule has 7 heteroatoms. The normalized spacial score (nSPS) is 18.4. The van der Waals surface area contributed by atoms with E-state index in [9.17, 15) is 14.9 Å². The molecule has 0 radical (unpaired) electrons. The summed E-state index contributed by atoms with van der Waals surface area (Å²) in [6.07, 6.45) is -0.844. The Morgan fingerprint density at radius 1 is 1.18 bits per heavy atom. The van der Waals surface area contributed by atoms with Crippen LogP contribution in [0.1, 0.15) is 31.9 Å². The molecule has 2 aromatic rings. The highest BCUT2D eigenvalue weighted by Crippen LogP contribution is 2.49. The van der Waals surface area contributed by atoms with E-state index in [1.807, 2.05) is 0 Å². The van der Waals surface area contributed by atoms with Crippen LogP contribution in [0.25, 0.3) is 0 Å². The molecule has 1 aliphatic rings. The van der Waals surface area contributed by atoms with Gasteiger partial charge in [0, 0.05) is 16.1 Å². The zero-order valence-corrected chi connectivity index (χ0v) is 16.7. The van der Waals surface area contributed by atoms with Crippen LogP contribution < -0.4 is 9.64 Å². The van der Waals surface area contributed by atoms with Gasteiger partial charge in [0.05, 0.1) is 18.9 Å². The molecule has 0 spiro atoms. The second kappa shape index (κ2) is 6.84. The Bertz CT molecular complexity index is 1010. The number of hydrogen-bond acceptors (Lipinski definition) is 5. The first-order chi connectivity index (χ1) is 13.2. The van der Waals surface area contributed by atoms with Crippen LogP contribution in [0.5, 0.6) is 5.75 Å². The van der Waals surface area contributed by atoms with Crippen LogP contribution in [0.3, 0.4) is 0 Å². The first-order valence-corrected chi connectivity index (χ1v) is 8.96. The first-order valence-electron chi connectivity index (χ1n) is 8.58. The molecule has 0 saturated heterocycles. The lowest BCUT2D eigenvalue weighted by atomic mass is 9.76. The lowest BCUT2D eigenvalue weighted by molar-refractivity contribution is -0.120. The molecule has 28 heavy (non-hydrogen) atoms. The highest BCUT2D eigenvalue weighted by atomic mass is 35.5. The van der Waals surface area contributed by atoms with Crippen molar-refractivity contribution in [3.05, 3.63) is 58.6 Å². The van der Waals surface area contributed by atoms with Crippen molar-refractivity contribution >= 4 is 29.3 Å². The molecule has 0 N–H and O–H groups in total. The van der Waals surface area contributed by atoms with Gasteiger partial charge in [-0.25, -0.2) is 9.69 Å². The van der Waals surface area contributed by atoms with E-state index in [4.69, 9.17) is 21.1 Å². The molecule has 2 aromatic carbocycles. The summed E-state index contributed by atoms with van der Waals surface area (Å²) in [5.74, 6) is -0.411. The van der Waals surface area contributed by atoms with Gasteiger partial charge in [-0.15, -0.1) is 0 Å². The predicted octanol–water partition coefficient (Wildman–Crippen LogP) is 4.44. The van der Waals surface area contributed by atoms with Gasteiger partial charge in [0.15, 0.2) is 5.41 Å². The van der Waals surface area contributed by atoms with Crippen LogP contribution in [0.4, 0.5) is 10.5 Å². The number of fused-ring (bicyclic) bond motifs is 1. The average molecular weight is 399 g/mol. The number of amides is 2. The highest BCUT2D eigenvalue weighted by Gasteiger charge is 2.57. The second-order valence-corrected chi connectivity index (χ2v) is 7.78. The lowest BCUT2D eigenvalue weighted by Crippen LogP contribution is -2.45. The Hall–Kier alpha value is -3.04. The quantitative estimate of drug-likeness (QED) is 0.747. The fourth-order valence-corrected chi connectivity index (χ4v) is 3.44. The van der Waals surface area contributed by atoms with Gasteiger partial charge in [0.2, 0.25) is 0 Å².